The predicted octanol–water partition coefficient (Wildman–Crippen LogP) is 6.63. The van der Waals surface area contributed by atoms with Crippen LogP contribution in [0.3, 0.4) is 0 Å². The molecule has 36 heavy (non-hydrogen) atoms. The van der Waals surface area contributed by atoms with Gasteiger partial charge in [-0.05, 0) is 36.6 Å². The van der Waals surface area contributed by atoms with Gasteiger partial charge in [-0.3, -0.25) is 9.59 Å². The van der Waals surface area contributed by atoms with Crippen molar-refractivity contribution in [3.05, 3.63) is 76.9 Å². The van der Waals surface area contributed by atoms with E-state index >= 15 is 0 Å². The van der Waals surface area contributed by atoms with Gasteiger partial charge in [0.2, 0.25) is 5.78 Å². The molecule has 6 heteroatoms. The van der Waals surface area contributed by atoms with Crippen LogP contribution in [0.25, 0.3) is 0 Å². The molecule has 1 heterocycles. The zero-order valence-corrected chi connectivity index (χ0v) is 21.4. The minimum atomic E-state index is -0.207. The minimum Gasteiger partial charge on any atom is -0.493 e. The second kappa shape index (κ2) is 12.5. The molecule has 0 amide bonds. The summed E-state index contributed by atoms with van der Waals surface area (Å²) in [6, 6.07) is 9.00. The van der Waals surface area contributed by atoms with Crippen molar-refractivity contribution < 1.29 is 19.1 Å². The molecular weight excluding hydrogens is 452 g/mol. The lowest BCUT2D eigenvalue weighted by molar-refractivity contribution is 0.0971. The molecule has 0 fully saturated rings. The molecular formula is C30H36N2O4. The largest absolute Gasteiger partial charge is 0.493 e. The number of aromatic nitrogens is 2. The van der Waals surface area contributed by atoms with Gasteiger partial charge in [-0.25, -0.2) is 4.98 Å². The van der Waals surface area contributed by atoms with Crippen LogP contribution in [0.15, 0.2) is 49.1 Å². The lowest BCUT2D eigenvalue weighted by atomic mass is 9.82. The van der Waals surface area contributed by atoms with Crippen LogP contribution in [0.2, 0.25) is 0 Å². The van der Waals surface area contributed by atoms with E-state index in [2.05, 4.69) is 18.8 Å². The number of imidazole rings is 1. The molecule has 1 aliphatic rings. The van der Waals surface area contributed by atoms with E-state index < -0.39 is 0 Å². The molecule has 4 rings (SSSR count). The van der Waals surface area contributed by atoms with E-state index in [1.807, 2.05) is 22.9 Å². The number of hydrogen-bond donors (Lipinski definition) is 0. The molecule has 1 aromatic heterocycles. The monoisotopic (exact) mass is 488 g/mol. The highest BCUT2D eigenvalue weighted by Gasteiger charge is 2.35. The van der Waals surface area contributed by atoms with Gasteiger partial charge in [0.05, 0.1) is 30.7 Å². The average molecular weight is 489 g/mol. The molecule has 0 radical (unpaired) electrons. The minimum absolute atomic E-state index is 0.167. The molecule has 0 N–H and O–H groups in total. The van der Waals surface area contributed by atoms with Gasteiger partial charge in [0, 0.05) is 30.1 Å². The fourth-order valence-electron chi connectivity index (χ4n) is 4.65. The third-order valence-corrected chi connectivity index (χ3v) is 6.57. The van der Waals surface area contributed by atoms with E-state index in [1.54, 1.807) is 30.7 Å². The Morgan fingerprint density at radius 2 is 1.47 bits per heavy atom. The van der Waals surface area contributed by atoms with Crippen LogP contribution in [0.1, 0.15) is 103 Å². The predicted molar refractivity (Wildman–Crippen MR) is 140 cm³/mol. The van der Waals surface area contributed by atoms with E-state index in [0.29, 0.717) is 53.5 Å². The van der Waals surface area contributed by atoms with Gasteiger partial charge in [0.25, 0.3) is 0 Å². The summed E-state index contributed by atoms with van der Waals surface area (Å²) in [7, 11) is 0. The molecule has 0 saturated heterocycles. The number of fused-ring (bicyclic) bond motifs is 2. The number of rotatable bonds is 14. The highest BCUT2D eigenvalue weighted by Crippen LogP contribution is 2.38. The SMILES string of the molecule is CCCCCCOc1cccc2c1C(=O)c1c(OCCCCCC)cc(Cn3ccnc3)cc1C2=O. The Morgan fingerprint density at radius 3 is 2.14 bits per heavy atom. The number of carbonyl (C=O) groups excluding carboxylic acids is 2. The number of hydrogen-bond acceptors (Lipinski definition) is 5. The summed E-state index contributed by atoms with van der Waals surface area (Å²) in [4.78, 5) is 31.6. The van der Waals surface area contributed by atoms with Crippen LogP contribution < -0.4 is 9.47 Å². The van der Waals surface area contributed by atoms with Crippen LogP contribution >= 0.6 is 0 Å². The molecule has 2 aromatic carbocycles. The third-order valence-electron chi connectivity index (χ3n) is 6.57. The van der Waals surface area contributed by atoms with Crippen LogP contribution in [-0.2, 0) is 6.54 Å². The topological polar surface area (TPSA) is 70.4 Å². The second-order valence-electron chi connectivity index (χ2n) is 9.41. The summed E-state index contributed by atoms with van der Waals surface area (Å²) < 4.78 is 14.1. The maximum atomic E-state index is 13.9. The Labute approximate surface area is 213 Å². The van der Waals surface area contributed by atoms with Crippen molar-refractivity contribution in [1.29, 1.82) is 0 Å². The molecule has 0 unspecified atom stereocenters. The summed E-state index contributed by atoms with van der Waals surface area (Å²) >= 11 is 0. The van der Waals surface area contributed by atoms with E-state index in [1.165, 1.54) is 0 Å². The number of unbranched alkanes of at least 4 members (excludes halogenated alkanes) is 6. The van der Waals surface area contributed by atoms with Gasteiger partial charge < -0.3 is 14.0 Å². The van der Waals surface area contributed by atoms with E-state index in [9.17, 15) is 9.59 Å². The molecule has 0 aliphatic heterocycles. The summed E-state index contributed by atoms with van der Waals surface area (Å²) in [6.45, 7) is 5.90. The number of benzene rings is 2. The highest BCUT2D eigenvalue weighted by atomic mass is 16.5. The fourth-order valence-corrected chi connectivity index (χ4v) is 4.65. The lowest BCUT2D eigenvalue weighted by Gasteiger charge is -2.23. The smallest absolute Gasteiger partial charge is 0.201 e. The first-order valence-corrected chi connectivity index (χ1v) is 13.2. The molecule has 1 aliphatic carbocycles. The average Bonchev–Trinajstić information content (AvgIpc) is 3.39. The van der Waals surface area contributed by atoms with E-state index in [4.69, 9.17) is 9.47 Å². The van der Waals surface area contributed by atoms with Crippen molar-refractivity contribution in [3.8, 4) is 11.5 Å². The number of ether oxygens (including phenoxy) is 2. The summed E-state index contributed by atoms with van der Waals surface area (Å²) in [5, 5.41) is 0. The van der Waals surface area contributed by atoms with Crippen molar-refractivity contribution in [2.75, 3.05) is 13.2 Å². The van der Waals surface area contributed by atoms with Crippen molar-refractivity contribution in [3.63, 3.8) is 0 Å². The molecule has 0 atom stereocenters. The Bertz CT molecular complexity index is 1180. The first kappa shape index (κ1) is 25.7. The van der Waals surface area contributed by atoms with Gasteiger partial charge >= 0.3 is 0 Å². The van der Waals surface area contributed by atoms with Crippen molar-refractivity contribution in [2.45, 2.75) is 71.8 Å². The number of ketones is 2. The van der Waals surface area contributed by atoms with E-state index in [-0.39, 0.29) is 11.6 Å². The maximum absolute atomic E-state index is 13.9. The fraction of sp³-hybridized carbons (Fsp3) is 0.433. The maximum Gasteiger partial charge on any atom is 0.201 e. The Morgan fingerprint density at radius 1 is 0.778 bits per heavy atom. The van der Waals surface area contributed by atoms with Gasteiger partial charge in [0.15, 0.2) is 5.78 Å². The molecule has 190 valence electrons. The zero-order chi connectivity index (χ0) is 25.3. The second-order valence-corrected chi connectivity index (χ2v) is 9.41. The van der Waals surface area contributed by atoms with Crippen LogP contribution in [0.5, 0.6) is 11.5 Å². The third kappa shape index (κ3) is 5.86. The van der Waals surface area contributed by atoms with Crippen LogP contribution in [-0.4, -0.2) is 34.3 Å². The van der Waals surface area contributed by atoms with Crippen molar-refractivity contribution >= 4 is 11.6 Å². The highest BCUT2D eigenvalue weighted by molar-refractivity contribution is 6.30. The quantitative estimate of drug-likeness (QED) is 0.186. The van der Waals surface area contributed by atoms with Crippen LogP contribution in [0.4, 0.5) is 0 Å². The summed E-state index contributed by atoms with van der Waals surface area (Å²) in [5.74, 6) is 0.575. The first-order chi connectivity index (χ1) is 17.6. The van der Waals surface area contributed by atoms with Gasteiger partial charge in [-0.1, -0.05) is 64.5 Å². The number of nitrogens with zero attached hydrogens (tertiary/aromatic N) is 2. The number of carbonyl (C=O) groups is 2. The lowest BCUT2D eigenvalue weighted by Crippen LogP contribution is -2.24. The Balaban J connectivity index is 1.66. The summed E-state index contributed by atoms with van der Waals surface area (Å²) in [6.07, 6.45) is 13.9. The van der Waals surface area contributed by atoms with E-state index in [0.717, 1.165) is 56.9 Å². The molecule has 0 bridgehead atoms. The Hall–Kier alpha value is -3.41. The summed E-state index contributed by atoms with van der Waals surface area (Å²) in [5.41, 5.74) is 2.38. The van der Waals surface area contributed by atoms with Crippen LogP contribution in [0, 0.1) is 0 Å². The molecule has 3 aromatic rings. The molecule has 0 spiro atoms. The van der Waals surface area contributed by atoms with Gasteiger partial charge in [-0.2, -0.15) is 0 Å². The Kier molecular flexibility index (Phi) is 8.93. The van der Waals surface area contributed by atoms with Gasteiger partial charge in [-0.15, -0.1) is 0 Å². The van der Waals surface area contributed by atoms with Gasteiger partial charge in [0.1, 0.15) is 11.5 Å². The standard InChI is InChI=1S/C30H36N2O4/c1-3-5-7-9-16-35-25-13-11-12-23-27(25)30(34)28-24(29(23)33)18-22(20-32-15-14-31-21-32)19-26(28)36-17-10-8-6-4-2/h11-15,18-19,21H,3-10,16-17,20H2,1-2H3. The normalized spacial score (nSPS) is 12.4. The van der Waals surface area contributed by atoms with Crippen molar-refractivity contribution in [2.24, 2.45) is 0 Å². The zero-order valence-electron chi connectivity index (χ0n) is 21.4. The van der Waals surface area contributed by atoms with Crippen molar-refractivity contribution in [1.82, 2.24) is 9.55 Å². The molecule has 6 nitrogen and oxygen atoms in total. The first-order valence-electron chi connectivity index (χ1n) is 13.2. The molecule has 0 saturated carbocycles.